The van der Waals surface area contributed by atoms with Crippen LogP contribution in [0.2, 0.25) is 0 Å². The molecule has 0 aromatic carbocycles. The summed E-state index contributed by atoms with van der Waals surface area (Å²) in [5, 5.41) is 47.8. The summed E-state index contributed by atoms with van der Waals surface area (Å²) in [4.78, 5) is 30.2. The average molecular weight is 269 g/mol. The number of carboxylic acid groups (broad SMARTS) is 3. The molecular formula is C6H5KMgO8. The van der Waals surface area contributed by atoms with Gasteiger partial charge in [-0.05, 0) is 0 Å². The van der Waals surface area contributed by atoms with Gasteiger partial charge in [0.1, 0.15) is 11.7 Å². The molecule has 0 aliphatic rings. The molecule has 0 aromatic heterocycles. The normalized spacial score (nSPS) is 14.6. The van der Waals surface area contributed by atoms with E-state index >= 15 is 0 Å². The Kier molecular flexibility index (Phi) is 12.0. The number of aliphatic carboxylic acids is 3. The van der Waals surface area contributed by atoms with Gasteiger partial charge in [0, 0.05) is 12.4 Å². The maximum Gasteiger partial charge on any atom is 2.00 e. The minimum absolute atomic E-state index is 0. The Labute approximate surface area is 148 Å². The Morgan fingerprint density at radius 1 is 1.19 bits per heavy atom. The molecule has 0 rings (SSSR count). The zero-order valence-corrected chi connectivity index (χ0v) is 12.9. The van der Waals surface area contributed by atoms with Gasteiger partial charge >= 0.3 is 74.4 Å². The van der Waals surface area contributed by atoms with E-state index in [-0.39, 0.29) is 74.4 Å². The van der Waals surface area contributed by atoms with E-state index in [4.69, 9.17) is 10.2 Å². The first-order valence-corrected chi connectivity index (χ1v) is 3.24. The van der Waals surface area contributed by atoms with E-state index < -0.39 is 36.0 Å². The van der Waals surface area contributed by atoms with Gasteiger partial charge < -0.3 is 39.9 Å². The van der Waals surface area contributed by atoms with E-state index in [1.807, 2.05) is 0 Å². The molecule has 10 heteroatoms. The van der Waals surface area contributed by atoms with Crippen LogP contribution in [-0.4, -0.2) is 62.9 Å². The molecule has 0 radical (unpaired) electrons. The molecule has 8 nitrogen and oxygen atoms in total. The Balaban J connectivity index is -0.000000845. The van der Waals surface area contributed by atoms with E-state index in [9.17, 15) is 29.7 Å². The largest absolute Gasteiger partial charge is 2.00 e. The summed E-state index contributed by atoms with van der Waals surface area (Å²) in [5.41, 5.74) is -3.46. The SMILES string of the molecule is O=C([O-])C[C@@](O)(C(=O)[O-])[C@H](O)C(=O)[O-].[K+].[Mg+2]. The fourth-order valence-electron chi connectivity index (χ4n) is 0.695. The number of hydrogen-bond acceptors (Lipinski definition) is 8. The van der Waals surface area contributed by atoms with Crippen LogP contribution in [0.3, 0.4) is 0 Å². The molecule has 0 saturated carbocycles. The number of hydrogen-bond donors (Lipinski definition) is 2. The molecule has 0 saturated heterocycles. The third-order valence-electron chi connectivity index (χ3n) is 1.44. The van der Waals surface area contributed by atoms with Crippen LogP contribution in [0.15, 0.2) is 0 Å². The summed E-state index contributed by atoms with van der Waals surface area (Å²) in [5.74, 6) is -6.84. The first-order chi connectivity index (χ1) is 6.21. The fourth-order valence-corrected chi connectivity index (χ4v) is 0.695. The van der Waals surface area contributed by atoms with Crippen molar-refractivity contribution >= 4 is 41.0 Å². The molecule has 0 spiro atoms. The van der Waals surface area contributed by atoms with Gasteiger partial charge in [0.05, 0.1) is 11.9 Å². The molecule has 2 atom stereocenters. The van der Waals surface area contributed by atoms with Gasteiger partial charge in [-0.2, -0.15) is 0 Å². The maximum absolute atomic E-state index is 10.2. The van der Waals surface area contributed by atoms with Gasteiger partial charge in [-0.15, -0.1) is 0 Å². The zero-order valence-electron chi connectivity index (χ0n) is 8.34. The fraction of sp³-hybridized carbons (Fsp3) is 0.500. The molecular weight excluding hydrogens is 263 g/mol. The van der Waals surface area contributed by atoms with Crippen LogP contribution >= 0.6 is 0 Å². The third kappa shape index (κ3) is 5.88. The predicted octanol–water partition coefficient (Wildman–Crippen LogP) is -9.66. The van der Waals surface area contributed by atoms with Gasteiger partial charge in [0.15, 0.2) is 0 Å². The second-order valence-corrected chi connectivity index (χ2v) is 2.48. The average Bonchev–Trinajstić information content (AvgIpc) is 2.00. The Morgan fingerprint density at radius 3 is 1.75 bits per heavy atom. The number of rotatable bonds is 5. The van der Waals surface area contributed by atoms with Crippen molar-refractivity contribution < 1.29 is 91.3 Å². The van der Waals surface area contributed by atoms with E-state index in [0.29, 0.717) is 0 Å². The number of carbonyl (C=O) groups is 3. The number of carboxylic acids is 3. The number of carbonyl (C=O) groups excluding carboxylic acids is 3. The monoisotopic (exact) mass is 268 g/mol. The van der Waals surface area contributed by atoms with Crippen molar-refractivity contribution in [3.63, 3.8) is 0 Å². The van der Waals surface area contributed by atoms with Crippen molar-refractivity contribution in [2.24, 2.45) is 0 Å². The maximum atomic E-state index is 10.2. The Bertz CT molecular complexity index is 282. The predicted molar refractivity (Wildman–Crippen MR) is 36.3 cm³/mol. The van der Waals surface area contributed by atoms with Gasteiger partial charge in [-0.3, -0.25) is 0 Å². The van der Waals surface area contributed by atoms with Crippen molar-refractivity contribution in [2.75, 3.05) is 0 Å². The number of aliphatic hydroxyl groups is 2. The van der Waals surface area contributed by atoms with Crippen molar-refractivity contribution in [3.05, 3.63) is 0 Å². The molecule has 0 heterocycles. The number of aliphatic hydroxyl groups excluding tert-OH is 1. The third-order valence-corrected chi connectivity index (χ3v) is 1.44. The topological polar surface area (TPSA) is 161 Å². The summed E-state index contributed by atoms with van der Waals surface area (Å²) in [6.45, 7) is 0. The second-order valence-electron chi connectivity index (χ2n) is 2.48. The smallest absolute Gasteiger partial charge is 0.550 e. The molecule has 2 N–H and O–H groups in total. The molecule has 16 heavy (non-hydrogen) atoms. The van der Waals surface area contributed by atoms with Crippen molar-refractivity contribution in [1.82, 2.24) is 0 Å². The standard InChI is InChI=1S/C6H8O8.K.Mg/c7-2(8)1-6(14,5(12)13)3(9)4(10)11;;/h3,9,14H,1H2,(H,7,8)(H,10,11)(H,12,13);;/q;+1;+2/p-3/t3-,6+;;/m1../s1. The van der Waals surface area contributed by atoms with Gasteiger partial charge in [-0.1, -0.05) is 0 Å². The molecule has 80 valence electrons. The van der Waals surface area contributed by atoms with Gasteiger partial charge in [0.2, 0.25) is 0 Å². The summed E-state index contributed by atoms with van der Waals surface area (Å²) >= 11 is 0. The minimum atomic E-state index is -3.46. The minimum Gasteiger partial charge on any atom is -0.550 e. The summed E-state index contributed by atoms with van der Waals surface area (Å²) in [6.07, 6.45) is -4.53. The van der Waals surface area contributed by atoms with E-state index in [1.165, 1.54) is 0 Å². The summed E-state index contributed by atoms with van der Waals surface area (Å²) in [6, 6.07) is 0. The van der Waals surface area contributed by atoms with Crippen molar-refractivity contribution in [1.29, 1.82) is 0 Å². The molecule has 0 aliphatic carbocycles. The van der Waals surface area contributed by atoms with E-state index in [2.05, 4.69) is 0 Å². The van der Waals surface area contributed by atoms with Gasteiger partial charge in [0.25, 0.3) is 0 Å². The Morgan fingerprint density at radius 2 is 1.56 bits per heavy atom. The van der Waals surface area contributed by atoms with Crippen LogP contribution in [0.25, 0.3) is 0 Å². The quantitative estimate of drug-likeness (QED) is 0.464. The summed E-state index contributed by atoms with van der Waals surface area (Å²) in [7, 11) is 0. The van der Waals surface area contributed by atoms with Crippen LogP contribution < -0.4 is 66.7 Å². The molecule has 0 fully saturated rings. The van der Waals surface area contributed by atoms with Crippen LogP contribution in [0.1, 0.15) is 6.42 Å². The van der Waals surface area contributed by atoms with Crippen molar-refractivity contribution in [3.8, 4) is 0 Å². The molecule has 0 bridgehead atoms. The first-order valence-electron chi connectivity index (χ1n) is 3.24. The van der Waals surface area contributed by atoms with E-state index in [0.717, 1.165) is 0 Å². The first kappa shape index (κ1) is 22.0. The van der Waals surface area contributed by atoms with Crippen LogP contribution in [-0.2, 0) is 14.4 Å². The molecule has 0 aromatic rings. The van der Waals surface area contributed by atoms with Crippen LogP contribution in [0, 0.1) is 0 Å². The molecule has 0 amide bonds. The van der Waals surface area contributed by atoms with Crippen LogP contribution in [0.5, 0.6) is 0 Å². The van der Waals surface area contributed by atoms with E-state index in [1.54, 1.807) is 0 Å². The summed E-state index contributed by atoms with van der Waals surface area (Å²) < 4.78 is 0. The molecule has 0 unspecified atom stereocenters. The molecule has 0 aliphatic heterocycles. The second kappa shape index (κ2) is 8.77. The van der Waals surface area contributed by atoms with Gasteiger partial charge in [-0.25, -0.2) is 0 Å². The zero-order chi connectivity index (χ0) is 11.5. The van der Waals surface area contributed by atoms with Crippen molar-refractivity contribution in [2.45, 2.75) is 18.1 Å². The van der Waals surface area contributed by atoms with Crippen LogP contribution in [0.4, 0.5) is 0 Å². The Hall–Kier alpha value is 0.733.